The minimum atomic E-state index is -0.629. The Balaban J connectivity index is 3.40. The van der Waals surface area contributed by atoms with E-state index in [1.807, 2.05) is 0 Å². The molecule has 1 aromatic carbocycles. The molecule has 0 aliphatic heterocycles. The van der Waals surface area contributed by atoms with Crippen LogP contribution in [0, 0.1) is 5.82 Å². The van der Waals surface area contributed by atoms with Crippen molar-refractivity contribution in [1.29, 1.82) is 0 Å². The molecule has 3 nitrogen and oxygen atoms in total. The van der Waals surface area contributed by atoms with Gasteiger partial charge in [-0.3, -0.25) is 4.79 Å². The van der Waals surface area contributed by atoms with Crippen LogP contribution in [0.5, 0.6) is 11.5 Å². The minimum Gasteiger partial charge on any atom is -0.493 e. The Hall–Kier alpha value is -1.29. The average Bonchev–Trinajstić information content (AvgIpc) is 2.23. The number of ether oxygens (including phenoxy) is 2. The van der Waals surface area contributed by atoms with E-state index in [4.69, 9.17) is 21.1 Å². The Morgan fingerprint density at radius 3 is 2.50 bits per heavy atom. The van der Waals surface area contributed by atoms with Crippen LogP contribution in [0.1, 0.15) is 12.5 Å². The maximum atomic E-state index is 13.4. The highest BCUT2D eigenvalue weighted by molar-refractivity contribution is 6.32. The number of halogens is 2. The Bertz CT molecular complexity index is 418. The molecule has 0 radical (unpaired) electrons. The number of methoxy groups -OCH3 is 2. The third kappa shape index (κ3) is 2.44. The lowest BCUT2D eigenvalue weighted by Gasteiger charge is -2.14. The first-order valence-electron chi connectivity index (χ1n) is 4.59. The lowest BCUT2D eigenvalue weighted by molar-refractivity contribution is -0.116. The molecular formula is C11H12ClFO3. The second kappa shape index (κ2) is 5.16. The standard InChI is InChI=1S/C11H12ClFO3/c1-6(14)4-7-10(12)8(13)5-9(15-2)11(7)16-3/h5H,4H2,1-3H3. The quantitative estimate of drug-likeness (QED) is 0.819. The van der Waals surface area contributed by atoms with Crippen molar-refractivity contribution in [3.63, 3.8) is 0 Å². The van der Waals surface area contributed by atoms with E-state index in [1.165, 1.54) is 21.1 Å². The van der Waals surface area contributed by atoms with Crippen molar-refractivity contribution in [1.82, 2.24) is 0 Å². The number of ketones is 1. The van der Waals surface area contributed by atoms with Gasteiger partial charge in [-0.05, 0) is 6.92 Å². The molecule has 0 amide bonds. The zero-order valence-corrected chi connectivity index (χ0v) is 10.0. The molecule has 0 spiro atoms. The van der Waals surface area contributed by atoms with Gasteiger partial charge in [0.15, 0.2) is 11.5 Å². The van der Waals surface area contributed by atoms with Crippen molar-refractivity contribution >= 4 is 17.4 Å². The predicted octanol–water partition coefficient (Wildman–Crippen LogP) is 2.63. The van der Waals surface area contributed by atoms with Gasteiger partial charge in [0.2, 0.25) is 0 Å². The number of hydrogen-bond donors (Lipinski definition) is 0. The van der Waals surface area contributed by atoms with Crippen molar-refractivity contribution in [2.24, 2.45) is 0 Å². The second-order valence-corrected chi connectivity index (χ2v) is 3.64. The van der Waals surface area contributed by atoms with E-state index in [0.29, 0.717) is 11.3 Å². The first-order valence-corrected chi connectivity index (χ1v) is 4.97. The van der Waals surface area contributed by atoms with Crippen LogP contribution in [0.4, 0.5) is 4.39 Å². The van der Waals surface area contributed by atoms with Gasteiger partial charge in [0, 0.05) is 18.1 Å². The molecule has 16 heavy (non-hydrogen) atoms. The van der Waals surface area contributed by atoms with Crippen molar-refractivity contribution in [2.75, 3.05) is 14.2 Å². The highest BCUT2D eigenvalue weighted by Crippen LogP contribution is 2.38. The van der Waals surface area contributed by atoms with Crippen LogP contribution in [-0.2, 0) is 11.2 Å². The number of carbonyl (C=O) groups is 1. The molecule has 0 fully saturated rings. The van der Waals surface area contributed by atoms with Crippen LogP contribution >= 0.6 is 11.6 Å². The maximum absolute atomic E-state index is 13.4. The number of carbonyl (C=O) groups excluding carboxylic acids is 1. The lowest BCUT2D eigenvalue weighted by Crippen LogP contribution is -2.04. The summed E-state index contributed by atoms with van der Waals surface area (Å²) in [6.07, 6.45) is 0.0100. The fraction of sp³-hybridized carbons (Fsp3) is 0.364. The normalized spacial score (nSPS) is 10.1. The van der Waals surface area contributed by atoms with Crippen molar-refractivity contribution < 1.29 is 18.7 Å². The van der Waals surface area contributed by atoms with Gasteiger partial charge in [0.05, 0.1) is 19.2 Å². The predicted molar refractivity (Wildman–Crippen MR) is 58.9 cm³/mol. The fourth-order valence-corrected chi connectivity index (χ4v) is 1.63. The van der Waals surface area contributed by atoms with Crippen LogP contribution in [-0.4, -0.2) is 20.0 Å². The Morgan fingerprint density at radius 2 is 2.06 bits per heavy atom. The molecule has 0 atom stereocenters. The Labute approximate surface area is 98.1 Å². The van der Waals surface area contributed by atoms with E-state index in [1.54, 1.807) is 0 Å². The molecule has 0 unspecified atom stereocenters. The molecule has 1 aromatic rings. The second-order valence-electron chi connectivity index (χ2n) is 3.27. The van der Waals surface area contributed by atoms with E-state index in [2.05, 4.69) is 0 Å². The number of Topliss-reactive ketones (excluding diaryl/α,β-unsaturated/α-hetero) is 1. The van der Waals surface area contributed by atoms with Gasteiger partial charge in [0.25, 0.3) is 0 Å². The lowest BCUT2D eigenvalue weighted by atomic mass is 10.1. The van der Waals surface area contributed by atoms with Crippen LogP contribution in [0.25, 0.3) is 0 Å². The van der Waals surface area contributed by atoms with Crippen LogP contribution in [0.3, 0.4) is 0 Å². The van der Waals surface area contributed by atoms with E-state index >= 15 is 0 Å². The summed E-state index contributed by atoms with van der Waals surface area (Å²) in [7, 11) is 2.80. The third-order valence-corrected chi connectivity index (χ3v) is 2.49. The summed E-state index contributed by atoms with van der Waals surface area (Å²) in [6.45, 7) is 1.40. The van der Waals surface area contributed by atoms with E-state index in [9.17, 15) is 9.18 Å². The molecule has 0 bridgehead atoms. The van der Waals surface area contributed by atoms with Gasteiger partial charge < -0.3 is 9.47 Å². The van der Waals surface area contributed by atoms with Gasteiger partial charge in [-0.1, -0.05) is 11.6 Å². The molecule has 1 rings (SSSR count). The van der Waals surface area contributed by atoms with Crippen molar-refractivity contribution in [2.45, 2.75) is 13.3 Å². The molecule has 0 N–H and O–H groups in total. The first-order chi connectivity index (χ1) is 7.51. The SMILES string of the molecule is COc1cc(F)c(Cl)c(CC(C)=O)c1OC. The number of hydrogen-bond acceptors (Lipinski definition) is 3. The summed E-state index contributed by atoms with van der Waals surface area (Å²) in [4.78, 5) is 11.1. The smallest absolute Gasteiger partial charge is 0.166 e. The Morgan fingerprint density at radius 1 is 1.44 bits per heavy atom. The van der Waals surface area contributed by atoms with E-state index in [-0.39, 0.29) is 23.0 Å². The van der Waals surface area contributed by atoms with Gasteiger partial charge in [0.1, 0.15) is 11.6 Å². The third-order valence-electron chi connectivity index (χ3n) is 2.08. The molecule has 88 valence electrons. The van der Waals surface area contributed by atoms with Gasteiger partial charge in [-0.25, -0.2) is 4.39 Å². The van der Waals surface area contributed by atoms with Gasteiger partial charge in [-0.15, -0.1) is 0 Å². The molecule has 0 saturated carbocycles. The first kappa shape index (κ1) is 12.8. The van der Waals surface area contributed by atoms with Crippen LogP contribution < -0.4 is 9.47 Å². The summed E-state index contributed by atoms with van der Waals surface area (Å²) in [5.41, 5.74) is 0.313. The molecule has 0 aromatic heterocycles. The highest BCUT2D eigenvalue weighted by atomic mass is 35.5. The number of benzene rings is 1. The summed E-state index contributed by atoms with van der Waals surface area (Å²) in [6, 6.07) is 1.13. The zero-order valence-electron chi connectivity index (χ0n) is 9.27. The molecular weight excluding hydrogens is 235 g/mol. The molecule has 0 saturated heterocycles. The Kier molecular flexibility index (Phi) is 4.12. The van der Waals surface area contributed by atoms with E-state index < -0.39 is 5.82 Å². The van der Waals surface area contributed by atoms with E-state index in [0.717, 1.165) is 6.07 Å². The number of rotatable bonds is 4. The minimum absolute atomic E-state index is 0.0100. The fourth-order valence-electron chi connectivity index (χ4n) is 1.42. The summed E-state index contributed by atoms with van der Waals surface area (Å²) in [5.74, 6) is -0.242. The monoisotopic (exact) mass is 246 g/mol. The van der Waals surface area contributed by atoms with Crippen LogP contribution in [0.15, 0.2) is 6.07 Å². The van der Waals surface area contributed by atoms with Gasteiger partial charge >= 0.3 is 0 Å². The molecule has 5 heteroatoms. The van der Waals surface area contributed by atoms with Gasteiger partial charge in [-0.2, -0.15) is 0 Å². The summed E-state index contributed by atoms with van der Waals surface area (Å²) < 4.78 is 23.4. The average molecular weight is 247 g/mol. The topological polar surface area (TPSA) is 35.5 Å². The highest BCUT2D eigenvalue weighted by Gasteiger charge is 2.19. The van der Waals surface area contributed by atoms with Crippen LogP contribution in [0.2, 0.25) is 5.02 Å². The van der Waals surface area contributed by atoms with Crippen molar-refractivity contribution in [3.05, 3.63) is 22.5 Å². The maximum Gasteiger partial charge on any atom is 0.166 e. The van der Waals surface area contributed by atoms with Crippen molar-refractivity contribution in [3.8, 4) is 11.5 Å². The summed E-state index contributed by atoms with van der Waals surface area (Å²) >= 11 is 5.79. The zero-order chi connectivity index (χ0) is 12.3. The largest absolute Gasteiger partial charge is 0.493 e. The molecule has 0 heterocycles. The summed E-state index contributed by atoms with van der Waals surface area (Å²) in [5, 5.41) is -0.104. The molecule has 0 aliphatic carbocycles. The molecule has 0 aliphatic rings.